The molecule has 2 aromatic carbocycles. The van der Waals surface area contributed by atoms with Crippen LogP contribution < -0.4 is 14.8 Å². The van der Waals surface area contributed by atoms with Crippen molar-refractivity contribution in [2.45, 2.75) is 6.04 Å². The van der Waals surface area contributed by atoms with Gasteiger partial charge in [0.25, 0.3) is 5.91 Å². The zero-order chi connectivity index (χ0) is 19.9. The Morgan fingerprint density at radius 2 is 2.11 bits per heavy atom. The minimum Gasteiger partial charge on any atom is -0.497 e. The van der Waals surface area contributed by atoms with E-state index in [-0.39, 0.29) is 12.5 Å². The maximum atomic E-state index is 12.6. The van der Waals surface area contributed by atoms with Gasteiger partial charge in [0.15, 0.2) is 6.61 Å². The molecule has 7 heteroatoms. The third kappa shape index (κ3) is 4.30. The molecule has 0 saturated carbocycles. The number of nitrogens with zero attached hydrogens (tertiary/aromatic N) is 3. The van der Waals surface area contributed by atoms with E-state index in [4.69, 9.17) is 14.7 Å². The Balaban J connectivity index is 1.79. The van der Waals surface area contributed by atoms with Crippen LogP contribution in [-0.4, -0.2) is 29.2 Å². The smallest absolute Gasteiger partial charge is 0.258 e. The quantitative estimate of drug-likeness (QED) is 0.685. The van der Waals surface area contributed by atoms with E-state index < -0.39 is 6.04 Å². The van der Waals surface area contributed by atoms with Crippen LogP contribution in [0.25, 0.3) is 0 Å². The molecule has 0 bridgehead atoms. The van der Waals surface area contributed by atoms with Crippen molar-refractivity contribution in [3.8, 4) is 17.6 Å². The van der Waals surface area contributed by atoms with Crippen molar-refractivity contribution < 1.29 is 14.3 Å². The van der Waals surface area contributed by atoms with Crippen molar-refractivity contribution >= 4 is 5.91 Å². The van der Waals surface area contributed by atoms with Crippen molar-refractivity contribution in [2.24, 2.45) is 7.05 Å². The summed E-state index contributed by atoms with van der Waals surface area (Å²) in [6.45, 7) is -0.219. The first kappa shape index (κ1) is 19.0. The molecule has 1 aromatic heterocycles. The Kier molecular flexibility index (Phi) is 5.92. The molecule has 1 unspecified atom stereocenters. The van der Waals surface area contributed by atoms with Crippen LogP contribution >= 0.6 is 0 Å². The highest BCUT2D eigenvalue weighted by molar-refractivity contribution is 5.78. The standard InChI is InChI=1S/C21H20N4O3/c1-25-11-10-23-21(25)20(15-7-5-8-17(12-15)27-2)24-19(26)14-28-18-9-4-3-6-16(18)13-22/h3-12,20H,14H2,1-2H3,(H,24,26). The number of hydrogen-bond donors (Lipinski definition) is 1. The van der Waals surface area contributed by atoms with Crippen molar-refractivity contribution in [2.75, 3.05) is 13.7 Å². The monoisotopic (exact) mass is 376 g/mol. The molecule has 1 amide bonds. The molecule has 0 radical (unpaired) electrons. The van der Waals surface area contributed by atoms with Gasteiger partial charge in [0, 0.05) is 19.4 Å². The summed E-state index contributed by atoms with van der Waals surface area (Å²) in [5.74, 6) is 1.41. The number of carbonyl (C=O) groups excluding carboxylic acids is 1. The van der Waals surface area contributed by atoms with Gasteiger partial charge in [-0.1, -0.05) is 24.3 Å². The van der Waals surface area contributed by atoms with Crippen molar-refractivity contribution in [1.29, 1.82) is 5.26 Å². The van der Waals surface area contributed by atoms with E-state index in [1.54, 1.807) is 37.6 Å². The van der Waals surface area contributed by atoms with E-state index in [1.807, 2.05) is 48.1 Å². The molecule has 3 rings (SSSR count). The van der Waals surface area contributed by atoms with E-state index >= 15 is 0 Å². The highest BCUT2D eigenvalue weighted by Gasteiger charge is 2.21. The average Bonchev–Trinajstić information content (AvgIpc) is 3.16. The van der Waals surface area contributed by atoms with Gasteiger partial charge in [-0.2, -0.15) is 5.26 Å². The number of methoxy groups -OCH3 is 1. The van der Waals surface area contributed by atoms with Crippen molar-refractivity contribution in [3.05, 3.63) is 77.9 Å². The number of rotatable bonds is 7. The number of aromatic nitrogens is 2. The third-order valence-electron chi connectivity index (χ3n) is 4.22. The maximum Gasteiger partial charge on any atom is 0.258 e. The van der Waals surface area contributed by atoms with Crippen LogP contribution in [0.4, 0.5) is 0 Å². The zero-order valence-electron chi connectivity index (χ0n) is 15.6. The highest BCUT2D eigenvalue weighted by atomic mass is 16.5. The van der Waals surface area contributed by atoms with Gasteiger partial charge in [0.2, 0.25) is 0 Å². The summed E-state index contributed by atoms with van der Waals surface area (Å²) < 4.78 is 12.7. The molecule has 1 heterocycles. The molecule has 7 nitrogen and oxygen atoms in total. The molecule has 3 aromatic rings. The molecule has 28 heavy (non-hydrogen) atoms. The fourth-order valence-corrected chi connectivity index (χ4v) is 2.80. The molecule has 1 atom stereocenters. The summed E-state index contributed by atoms with van der Waals surface area (Å²) in [6.07, 6.45) is 3.49. The second-order valence-electron chi connectivity index (χ2n) is 6.07. The number of nitrogens with one attached hydrogen (secondary N) is 1. The van der Waals surface area contributed by atoms with E-state index in [0.29, 0.717) is 22.9 Å². The lowest BCUT2D eigenvalue weighted by molar-refractivity contribution is -0.123. The summed E-state index contributed by atoms with van der Waals surface area (Å²) in [7, 11) is 3.45. The Morgan fingerprint density at radius 1 is 1.29 bits per heavy atom. The van der Waals surface area contributed by atoms with Gasteiger partial charge in [-0.05, 0) is 29.8 Å². The minimum absolute atomic E-state index is 0.219. The first-order valence-corrected chi connectivity index (χ1v) is 8.65. The predicted octanol–water partition coefficient (Wildman–Crippen LogP) is 2.58. The third-order valence-corrected chi connectivity index (χ3v) is 4.22. The minimum atomic E-state index is -0.475. The van der Waals surface area contributed by atoms with Gasteiger partial charge in [-0.3, -0.25) is 4.79 Å². The second-order valence-corrected chi connectivity index (χ2v) is 6.07. The van der Waals surface area contributed by atoms with E-state index in [0.717, 1.165) is 5.56 Å². The van der Waals surface area contributed by atoms with Crippen LogP contribution in [0.15, 0.2) is 60.9 Å². The van der Waals surface area contributed by atoms with Crippen LogP contribution in [-0.2, 0) is 11.8 Å². The number of ether oxygens (including phenoxy) is 2. The molecule has 0 aliphatic carbocycles. The average molecular weight is 376 g/mol. The fraction of sp³-hybridized carbons (Fsp3) is 0.190. The number of amides is 1. The summed E-state index contributed by atoms with van der Waals surface area (Å²) in [4.78, 5) is 16.9. The summed E-state index contributed by atoms with van der Waals surface area (Å²) in [5, 5.41) is 12.1. The number of hydrogen-bond acceptors (Lipinski definition) is 5. The number of benzene rings is 2. The van der Waals surface area contributed by atoms with Gasteiger partial charge in [-0.15, -0.1) is 0 Å². The van der Waals surface area contributed by atoms with Gasteiger partial charge in [0.1, 0.15) is 29.4 Å². The van der Waals surface area contributed by atoms with Crippen LogP contribution in [0.1, 0.15) is 23.0 Å². The van der Waals surface area contributed by atoms with Gasteiger partial charge in [-0.25, -0.2) is 4.98 Å². The van der Waals surface area contributed by atoms with E-state index in [2.05, 4.69) is 10.3 Å². The fourth-order valence-electron chi connectivity index (χ4n) is 2.80. The van der Waals surface area contributed by atoms with Crippen LogP contribution in [0.5, 0.6) is 11.5 Å². The lowest BCUT2D eigenvalue weighted by Crippen LogP contribution is -2.34. The first-order chi connectivity index (χ1) is 13.6. The lowest BCUT2D eigenvalue weighted by Gasteiger charge is -2.20. The van der Waals surface area contributed by atoms with Crippen LogP contribution in [0, 0.1) is 11.3 Å². The van der Waals surface area contributed by atoms with Crippen LogP contribution in [0.3, 0.4) is 0 Å². The molecule has 0 aliphatic rings. The number of imidazole rings is 1. The number of nitriles is 1. The molecular weight excluding hydrogens is 356 g/mol. The zero-order valence-corrected chi connectivity index (χ0v) is 15.6. The summed E-state index contributed by atoms with van der Waals surface area (Å²) >= 11 is 0. The largest absolute Gasteiger partial charge is 0.497 e. The van der Waals surface area contributed by atoms with Crippen molar-refractivity contribution in [3.63, 3.8) is 0 Å². The predicted molar refractivity (Wildman–Crippen MR) is 103 cm³/mol. The Labute approximate surface area is 163 Å². The normalized spacial score (nSPS) is 11.3. The topological polar surface area (TPSA) is 89.2 Å². The molecular formula is C21H20N4O3. The summed E-state index contributed by atoms with van der Waals surface area (Å²) in [6, 6.07) is 15.8. The maximum absolute atomic E-state index is 12.6. The van der Waals surface area contributed by atoms with Gasteiger partial charge >= 0.3 is 0 Å². The Morgan fingerprint density at radius 3 is 2.82 bits per heavy atom. The number of carbonyl (C=O) groups is 1. The molecule has 0 saturated heterocycles. The first-order valence-electron chi connectivity index (χ1n) is 8.65. The van der Waals surface area contributed by atoms with Crippen molar-refractivity contribution in [1.82, 2.24) is 14.9 Å². The van der Waals surface area contributed by atoms with E-state index in [1.165, 1.54) is 0 Å². The molecule has 142 valence electrons. The molecule has 0 fully saturated rings. The summed E-state index contributed by atoms with van der Waals surface area (Å²) in [5.41, 5.74) is 1.21. The SMILES string of the molecule is COc1cccc(C(NC(=O)COc2ccccc2C#N)c2nccn2C)c1. The molecule has 0 aliphatic heterocycles. The van der Waals surface area contributed by atoms with Gasteiger partial charge < -0.3 is 19.4 Å². The van der Waals surface area contributed by atoms with E-state index in [9.17, 15) is 4.79 Å². The van der Waals surface area contributed by atoms with Crippen LogP contribution in [0.2, 0.25) is 0 Å². The highest BCUT2D eigenvalue weighted by Crippen LogP contribution is 2.24. The molecule has 1 N–H and O–H groups in total. The Bertz CT molecular complexity index is 1010. The molecule has 0 spiro atoms. The Hall–Kier alpha value is -3.79. The second kappa shape index (κ2) is 8.73. The number of aryl methyl sites for hydroxylation is 1. The lowest BCUT2D eigenvalue weighted by atomic mass is 10.1. The number of para-hydroxylation sites is 1. The van der Waals surface area contributed by atoms with Gasteiger partial charge in [0.05, 0.1) is 12.7 Å².